The molecule has 1 aromatic heterocycles. The lowest BCUT2D eigenvalue weighted by Crippen LogP contribution is -2.49. The number of aliphatic hydroxyl groups is 1. The highest BCUT2D eigenvalue weighted by atomic mass is 16.6. The van der Waals surface area contributed by atoms with Gasteiger partial charge in [0.05, 0.1) is 18.8 Å². The molecule has 0 radical (unpaired) electrons. The molecule has 0 unspecified atom stereocenters. The summed E-state index contributed by atoms with van der Waals surface area (Å²) in [6.07, 6.45) is 3.03. The van der Waals surface area contributed by atoms with Crippen molar-refractivity contribution < 1.29 is 38.4 Å². The van der Waals surface area contributed by atoms with Gasteiger partial charge in [-0.2, -0.15) is 0 Å². The van der Waals surface area contributed by atoms with Gasteiger partial charge < -0.3 is 40.0 Å². The Morgan fingerprint density at radius 3 is 2.26 bits per heavy atom. The number of rotatable bonds is 21. The van der Waals surface area contributed by atoms with Crippen LogP contribution in [0.5, 0.6) is 11.6 Å². The van der Waals surface area contributed by atoms with Crippen molar-refractivity contribution in [3.63, 3.8) is 0 Å². The zero-order chi connectivity index (χ0) is 34.7. The predicted octanol–water partition coefficient (Wildman–Crippen LogP) is 5.47. The third-order valence-electron chi connectivity index (χ3n) is 7.57. The Morgan fingerprint density at radius 2 is 1.65 bits per heavy atom. The molecule has 4 N–H and O–H groups in total. The van der Waals surface area contributed by atoms with Gasteiger partial charge in [0.1, 0.15) is 5.60 Å². The lowest BCUT2D eigenvalue weighted by Gasteiger charge is -2.33. The number of hydrogen-bond acceptors (Lipinski definition) is 9. The predicted molar refractivity (Wildman–Crippen MR) is 178 cm³/mol. The van der Waals surface area contributed by atoms with Crippen molar-refractivity contribution in [2.45, 2.75) is 112 Å². The minimum Gasteiger partial charge on any atom is -0.488 e. The van der Waals surface area contributed by atoms with Gasteiger partial charge >= 0.3 is 12.2 Å². The summed E-state index contributed by atoms with van der Waals surface area (Å²) in [4.78, 5) is 42.8. The molecule has 0 saturated carbocycles. The van der Waals surface area contributed by atoms with Crippen LogP contribution in [0.25, 0.3) is 0 Å². The molecule has 264 valence electrons. The number of nitrogens with zero attached hydrogens (tertiary/aromatic N) is 1. The van der Waals surface area contributed by atoms with Crippen molar-refractivity contribution in [2.24, 2.45) is 23.7 Å². The Labute approximate surface area is 276 Å². The minimum absolute atomic E-state index is 0.0263. The van der Waals surface area contributed by atoms with E-state index in [0.717, 1.165) is 25.7 Å². The van der Waals surface area contributed by atoms with Crippen molar-refractivity contribution >= 4 is 18.1 Å². The van der Waals surface area contributed by atoms with E-state index in [-0.39, 0.29) is 42.5 Å². The van der Waals surface area contributed by atoms with E-state index in [1.807, 2.05) is 27.7 Å². The lowest BCUT2D eigenvalue weighted by atomic mass is 9.83. The van der Waals surface area contributed by atoms with Gasteiger partial charge in [0.15, 0.2) is 5.75 Å². The maximum absolute atomic E-state index is 13.0. The van der Waals surface area contributed by atoms with Crippen molar-refractivity contribution in [3.8, 4) is 11.6 Å². The molecule has 46 heavy (non-hydrogen) atoms. The molecule has 12 nitrogen and oxygen atoms in total. The van der Waals surface area contributed by atoms with Gasteiger partial charge in [-0.15, -0.1) is 0 Å². The molecule has 0 aliphatic rings. The monoisotopic (exact) mass is 652 g/mol. The highest BCUT2D eigenvalue weighted by Crippen LogP contribution is 2.26. The van der Waals surface area contributed by atoms with Gasteiger partial charge in [-0.05, 0) is 82.8 Å². The smallest absolute Gasteiger partial charge is 0.414 e. The summed E-state index contributed by atoms with van der Waals surface area (Å²) in [5, 5.41) is 20.1. The number of methoxy groups -OCH3 is 1. The summed E-state index contributed by atoms with van der Waals surface area (Å²) < 4.78 is 21.8. The Kier molecular flexibility index (Phi) is 19.2. The first-order valence-electron chi connectivity index (χ1n) is 16.7. The molecule has 1 heterocycles. The molecule has 0 fully saturated rings. The first-order chi connectivity index (χ1) is 21.7. The van der Waals surface area contributed by atoms with E-state index in [1.165, 1.54) is 6.20 Å². The van der Waals surface area contributed by atoms with Crippen LogP contribution < -0.4 is 25.4 Å². The summed E-state index contributed by atoms with van der Waals surface area (Å²) in [6.45, 7) is 17.1. The second-order valence-corrected chi connectivity index (χ2v) is 13.4. The first kappa shape index (κ1) is 40.9. The lowest BCUT2D eigenvalue weighted by molar-refractivity contribution is -0.127. The van der Waals surface area contributed by atoms with Crippen molar-refractivity contribution in [2.75, 3.05) is 33.4 Å². The van der Waals surface area contributed by atoms with Crippen molar-refractivity contribution in [3.05, 3.63) is 18.3 Å². The van der Waals surface area contributed by atoms with E-state index in [2.05, 4.69) is 27.9 Å². The van der Waals surface area contributed by atoms with Gasteiger partial charge in [0.25, 0.3) is 5.88 Å². The third-order valence-corrected chi connectivity index (χ3v) is 7.57. The number of nitrogens with one attached hydrogen (secondary N) is 3. The van der Waals surface area contributed by atoms with E-state index in [1.54, 1.807) is 40.0 Å². The van der Waals surface area contributed by atoms with E-state index < -0.39 is 35.9 Å². The van der Waals surface area contributed by atoms with Gasteiger partial charge in [-0.1, -0.05) is 41.0 Å². The SMILES string of the molecule is CCCCNC(=O)[C@@H](C[C@H](O)[C@H](C[C@H](CNC(=O)Oc1ncccc1OCCCCOC)C(C)C)NC(=O)OC(C)(C)C)C(C)C. The van der Waals surface area contributed by atoms with Gasteiger partial charge in [-0.25, -0.2) is 14.6 Å². The minimum atomic E-state index is -1.04. The van der Waals surface area contributed by atoms with Gasteiger partial charge in [0.2, 0.25) is 5.91 Å². The van der Waals surface area contributed by atoms with Crippen LogP contribution >= 0.6 is 0 Å². The molecule has 0 saturated heterocycles. The molecule has 0 aliphatic carbocycles. The first-order valence-corrected chi connectivity index (χ1v) is 16.7. The van der Waals surface area contributed by atoms with Crippen LogP contribution in [0.2, 0.25) is 0 Å². The average molecular weight is 653 g/mol. The summed E-state index contributed by atoms with van der Waals surface area (Å²) in [5.74, 6) is -0.274. The van der Waals surface area contributed by atoms with Gasteiger partial charge in [-0.3, -0.25) is 4.79 Å². The second-order valence-electron chi connectivity index (χ2n) is 13.4. The molecule has 1 aromatic rings. The fourth-order valence-corrected chi connectivity index (χ4v) is 4.75. The fourth-order valence-electron chi connectivity index (χ4n) is 4.75. The maximum atomic E-state index is 13.0. The molecule has 0 aromatic carbocycles. The zero-order valence-electron chi connectivity index (χ0n) is 29.5. The molecular weight excluding hydrogens is 592 g/mol. The van der Waals surface area contributed by atoms with E-state index in [4.69, 9.17) is 18.9 Å². The quantitative estimate of drug-likeness (QED) is 0.126. The number of unbranched alkanes of at least 4 members (excludes halogenated alkanes) is 2. The molecule has 0 aliphatic heterocycles. The van der Waals surface area contributed by atoms with Crippen molar-refractivity contribution in [1.29, 1.82) is 0 Å². The van der Waals surface area contributed by atoms with Crippen LogP contribution in [0.1, 0.15) is 93.9 Å². The van der Waals surface area contributed by atoms with Crippen LogP contribution in [-0.2, 0) is 14.3 Å². The van der Waals surface area contributed by atoms with Crippen LogP contribution in [0, 0.1) is 23.7 Å². The van der Waals surface area contributed by atoms with Crippen LogP contribution in [0.15, 0.2) is 18.3 Å². The highest BCUT2D eigenvalue weighted by Gasteiger charge is 2.33. The fraction of sp³-hybridized carbons (Fsp3) is 0.765. The summed E-state index contributed by atoms with van der Waals surface area (Å²) in [7, 11) is 1.65. The van der Waals surface area contributed by atoms with E-state index in [9.17, 15) is 19.5 Å². The van der Waals surface area contributed by atoms with Crippen LogP contribution in [-0.4, -0.2) is 79.3 Å². The normalized spacial score (nSPS) is 14.3. The van der Waals surface area contributed by atoms with Crippen LogP contribution in [0.4, 0.5) is 9.59 Å². The number of carbonyl (C=O) groups is 3. The zero-order valence-corrected chi connectivity index (χ0v) is 29.5. The molecule has 4 atom stereocenters. The summed E-state index contributed by atoms with van der Waals surface area (Å²) >= 11 is 0. The number of amides is 3. The highest BCUT2D eigenvalue weighted by molar-refractivity contribution is 5.79. The second kappa shape index (κ2) is 21.6. The maximum Gasteiger partial charge on any atom is 0.414 e. The number of pyridine rings is 1. The van der Waals surface area contributed by atoms with Crippen LogP contribution in [0.3, 0.4) is 0 Å². The molecule has 3 amide bonds. The van der Waals surface area contributed by atoms with Crippen molar-refractivity contribution in [1.82, 2.24) is 20.9 Å². The molecular formula is C34H60N4O8. The number of aromatic nitrogens is 1. The Hall–Kier alpha value is -3.12. The molecule has 12 heteroatoms. The third kappa shape index (κ3) is 17.0. The number of ether oxygens (including phenoxy) is 4. The molecule has 1 rings (SSSR count). The number of carbonyl (C=O) groups excluding carboxylic acids is 3. The summed E-state index contributed by atoms with van der Waals surface area (Å²) in [5.41, 5.74) is -0.736. The number of aliphatic hydroxyl groups excluding tert-OH is 1. The topological polar surface area (TPSA) is 157 Å². The Morgan fingerprint density at radius 1 is 0.957 bits per heavy atom. The summed E-state index contributed by atoms with van der Waals surface area (Å²) in [6, 6.07) is 2.65. The average Bonchev–Trinajstić information content (AvgIpc) is 2.96. The standard InChI is InChI=1S/C34H60N4O8/c1-10-11-16-35-30(40)26(24(4)5)21-28(39)27(38-33(42)46-34(6,7)8)20-25(23(2)3)22-37-32(41)45-31-29(15-14-17-36-31)44-19-13-12-18-43-9/h14-15,17,23-28,39H,10-13,16,18-22H2,1-9H3,(H,35,40)(H,37,41)(H,38,42)/t25-,26+,27+,28+/m1/s1. The van der Waals surface area contributed by atoms with E-state index in [0.29, 0.717) is 31.9 Å². The largest absolute Gasteiger partial charge is 0.488 e. The van der Waals surface area contributed by atoms with E-state index >= 15 is 0 Å². The molecule has 0 bridgehead atoms. The Bertz CT molecular complexity index is 1030. The number of alkyl carbamates (subject to hydrolysis) is 1. The molecule has 0 spiro atoms. The number of hydrogen-bond donors (Lipinski definition) is 4. The Balaban J connectivity index is 3.00. The van der Waals surface area contributed by atoms with Gasteiger partial charge in [0, 0.05) is 38.9 Å².